The molecule has 0 radical (unpaired) electrons. The van der Waals surface area contributed by atoms with Gasteiger partial charge in [0.25, 0.3) is 0 Å². The summed E-state index contributed by atoms with van der Waals surface area (Å²) in [7, 11) is 0. The molecule has 13 heteroatoms. The number of aliphatic hydroxyl groups excluding tert-OH is 6. The zero-order valence-corrected chi connectivity index (χ0v) is 21.2. The fraction of sp³-hybridized carbons (Fsp3) is 0.444. The number of ether oxygens (including phenoxy) is 4. The SMILES string of the molecule is CC1OC(OC2C(Oc3cc(O)c4c(=O)cc(-c5ccccc5)oc4c3)OC(CO)C(O)C2O)C(O)C(O)C1O. The van der Waals surface area contributed by atoms with Crippen molar-refractivity contribution in [3.8, 4) is 22.8 Å². The van der Waals surface area contributed by atoms with Gasteiger partial charge in [-0.15, -0.1) is 0 Å². The number of benzene rings is 2. The molecule has 2 aromatic carbocycles. The van der Waals surface area contributed by atoms with Crippen molar-refractivity contribution in [3.63, 3.8) is 0 Å². The summed E-state index contributed by atoms with van der Waals surface area (Å²) in [6.07, 6.45) is -15.1. The zero-order valence-electron chi connectivity index (χ0n) is 21.2. The summed E-state index contributed by atoms with van der Waals surface area (Å²) in [6, 6.07) is 12.5. The lowest BCUT2D eigenvalue weighted by Gasteiger charge is -2.45. The number of phenolic OH excluding ortho intramolecular Hbond substituents is 1. The van der Waals surface area contributed by atoms with Gasteiger partial charge in [0.1, 0.15) is 64.9 Å². The number of aromatic hydroxyl groups is 1. The fourth-order valence-electron chi connectivity index (χ4n) is 4.77. The molecule has 40 heavy (non-hydrogen) atoms. The molecule has 1 aromatic heterocycles. The van der Waals surface area contributed by atoms with Crippen molar-refractivity contribution in [2.24, 2.45) is 0 Å². The van der Waals surface area contributed by atoms with Gasteiger partial charge in [-0.1, -0.05) is 30.3 Å². The average Bonchev–Trinajstić information content (AvgIpc) is 2.94. The van der Waals surface area contributed by atoms with Gasteiger partial charge in [0.05, 0.1) is 12.7 Å². The normalized spacial score (nSPS) is 34.6. The molecule has 5 rings (SSSR count). The molecule has 2 aliphatic heterocycles. The Labute approximate surface area is 227 Å². The van der Waals surface area contributed by atoms with Crippen molar-refractivity contribution >= 4 is 11.0 Å². The molecule has 0 bridgehead atoms. The largest absolute Gasteiger partial charge is 0.507 e. The van der Waals surface area contributed by atoms with Crippen LogP contribution in [0.5, 0.6) is 11.5 Å². The van der Waals surface area contributed by atoms with Crippen LogP contribution in [0.1, 0.15) is 6.92 Å². The van der Waals surface area contributed by atoms with Crippen LogP contribution < -0.4 is 10.2 Å². The van der Waals surface area contributed by atoms with Crippen molar-refractivity contribution in [1.29, 1.82) is 0 Å². The molecule has 10 unspecified atom stereocenters. The summed E-state index contributed by atoms with van der Waals surface area (Å²) >= 11 is 0. The maximum atomic E-state index is 12.8. The minimum atomic E-state index is -1.73. The van der Waals surface area contributed by atoms with E-state index in [1.54, 1.807) is 30.3 Å². The van der Waals surface area contributed by atoms with Crippen LogP contribution in [0.15, 0.2) is 57.7 Å². The Kier molecular flexibility index (Phi) is 8.10. The van der Waals surface area contributed by atoms with Crippen LogP contribution in [0.4, 0.5) is 0 Å². The van der Waals surface area contributed by atoms with Crippen LogP contribution in [-0.2, 0) is 14.2 Å². The zero-order chi connectivity index (χ0) is 28.7. The van der Waals surface area contributed by atoms with Gasteiger partial charge in [-0.25, -0.2) is 0 Å². The van der Waals surface area contributed by atoms with Gasteiger partial charge in [-0.2, -0.15) is 0 Å². The van der Waals surface area contributed by atoms with E-state index in [-0.39, 0.29) is 22.5 Å². The van der Waals surface area contributed by atoms with Crippen LogP contribution in [0.3, 0.4) is 0 Å². The highest BCUT2D eigenvalue weighted by Crippen LogP contribution is 2.34. The summed E-state index contributed by atoms with van der Waals surface area (Å²) in [5, 5.41) is 71.9. The fourth-order valence-corrected chi connectivity index (χ4v) is 4.77. The van der Waals surface area contributed by atoms with Crippen molar-refractivity contribution in [1.82, 2.24) is 0 Å². The van der Waals surface area contributed by atoms with E-state index in [0.717, 1.165) is 6.07 Å². The van der Waals surface area contributed by atoms with Crippen molar-refractivity contribution in [2.75, 3.05) is 6.61 Å². The maximum absolute atomic E-state index is 12.8. The molecule has 2 aliphatic rings. The van der Waals surface area contributed by atoms with Crippen LogP contribution in [-0.4, -0.2) is 104 Å². The van der Waals surface area contributed by atoms with Crippen molar-refractivity contribution in [3.05, 3.63) is 58.8 Å². The Morgan fingerprint density at radius 2 is 1.57 bits per heavy atom. The summed E-state index contributed by atoms with van der Waals surface area (Å²) in [6.45, 7) is 0.734. The molecule has 0 amide bonds. The molecular weight excluding hydrogens is 532 g/mol. The highest BCUT2D eigenvalue weighted by atomic mass is 16.8. The lowest BCUT2D eigenvalue weighted by atomic mass is 9.97. The van der Waals surface area contributed by atoms with Crippen LogP contribution in [0.25, 0.3) is 22.3 Å². The third-order valence-corrected chi connectivity index (χ3v) is 7.02. The van der Waals surface area contributed by atoms with E-state index in [4.69, 9.17) is 23.4 Å². The molecule has 10 atom stereocenters. The third kappa shape index (κ3) is 5.31. The number of hydrogen-bond donors (Lipinski definition) is 7. The first kappa shape index (κ1) is 28.4. The lowest BCUT2D eigenvalue weighted by molar-refractivity contribution is -0.354. The van der Waals surface area contributed by atoms with E-state index in [0.29, 0.717) is 5.56 Å². The molecule has 2 fully saturated rings. The monoisotopic (exact) mass is 562 g/mol. The average molecular weight is 563 g/mol. The topological polar surface area (TPSA) is 209 Å². The third-order valence-electron chi connectivity index (χ3n) is 7.02. The predicted octanol–water partition coefficient (Wildman–Crippen LogP) is -0.804. The number of aliphatic hydroxyl groups is 6. The van der Waals surface area contributed by atoms with E-state index >= 15 is 0 Å². The molecule has 216 valence electrons. The van der Waals surface area contributed by atoms with Crippen LogP contribution >= 0.6 is 0 Å². The van der Waals surface area contributed by atoms with Crippen molar-refractivity contribution < 1.29 is 59.1 Å². The van der Waals surface area contributed by atoms with Gasteiger partial charge in [-0.05, 0) is 6.92 Å². The molecule has 2 saturated heterocycles. The first-order chi connectivity index (χ1) is 19.1. The molecule has 0 aliphatic carbocycles. The molecule has 7 N–H and O–H groups in total. The Bertz CT molecular complexity index is 1380. The minimum absolute atomic E-state index is 0.0223. The summed E-state index contributed by atoms with van der Waals surface area (Å²) in [4.78, 5) is 12.8. The van der Waals surface area contributed by atoms with E-state index in [1.807, 2.05) is 0 Å². The Balaban J connectivity index is 1.47. The highest BCUT2D eigenvalue weighted by molar-refractivity contribution is 5.86. The van der Waals surface area contributed by atoms with Gasteiger partial charge in [0.2, 0.25) is 6.29 Å². The molecular formula is C27H30O13. The summed E-state index contributed by atoms with van der Waals surface area (Å²) in [5.41, 5.74) is 0.0919. The molecule has 0 spiro atoms. The highest BCUT2D eigenvalue weighted by Gasteiger charge is 2.50. The number of fused-ring (bicyclic) bond motifs is 1. The molecule has 13 nitrogen and oxygen atoms in total. The quantitative estimate of drug-likeness (QED) is 0.196. The Morgan fingerprint density at radius 1 is 0.850 bits per heavy atom. The van der Waals surface area contributed by atoms with Gasteiger partial charge in [0, 0.05) is 23.8 Å². The Hall–Kier alpha value is -3.11. The number of rotatable bonds is 6. The van der Waals surface area contributed by atoms with E-state index in [1.165, 1.54) is 19.1 Å². The standard InChI is InChI=1S/C27H30O13/c1-11-20(31)22(33)24(35)26(36-11)40-25-23(34)21(32)18(10-28)39-27(25)37-13-7-14(29)19-15(30)9-16(38-17(19)8-13)12-5-3-2-4-6-12/h2-9,11,18,20-29,31-35H,10H2,1H3. The second kappa shape index (κ2) is 11.4. The molecule has 3 heterocycles. The van der Waals surface area contributed by atoms with Gasteiger partial charge in [0.15, 0.2) is 17.8 Å². The lowest BCUT2D eigenvalue weighted by Crippen LogP contribution is -2.64. The van der Waals surface area contributed by atoms with Gasteiger partial charge >= 0.3 is 0 Å². The Morgan fingerprint density at radius 3 is 2.27 bits per heavy atom. The minimum Gasteiger partial charge on any atom is -0.507 e. The van der Waals surface area contributed by atoms with E-state index in [9.17, 15) is 40.5 Å². The second-order valence-corrected chi connectivity index (χ2v) is 9.76. The smallest absolute Gasteiger partial charge is 0.229 e. The number of phenols is 1. The first-order valence-corrected chi connectivity index (χ1v) is 12.6. The van der Waals surface area contributed by atoms with Gasteiger partial charge in [-0.3, -0.25) is 4.79 Å². The van der Waals surface area contributed by atoms with Crippen molar-refractivity contribution in [2.45, 2.75) is 68.3 Å². The first-order valence-electron chi connectivity index (χ1n) is 12.6. The molecule has 0 saturated carbocycles. The second-order valence-electron chi connectivity index (χ2n) is 9.76. The van der Waals surface area contributed by atoms with E-state index in [2.05, 4.69) is 0 Å². The number of hydrogen-bond acceptors (Lipinski definition) is 13. The van der Waals surface area contributed by atoms with Gasteiger partial charge < -0.3 is 59.1 Å². The van der Waals surface area contributed by atoms with E-state index < -0.39 is 79.2 Å². The predicted molar refractivity (Wildman–Crippen MR) is 135 cm³/mol. The maximum Gasteiger partial charge on any atom is 0.229 e. The van der Waals surface area contributed by atoms with Crippen LogP contribution in [0.2, 0.25) is 0 Å². The van der Waals surface area contributed by atoms with Crippen LogP contribution in [0, 0.1) is 0 Å². The molecule has 3 aromatic rings. The summed E-state index contributed by atoms with van der Waals surface area (Å²) < 4.78 is 28.5. The summed E-state index contributed by atoms with van der Waals surface area (Å²) in [5.74, 6) is -0.321.